The molecular weight excluding hydrogens is 260 g/mol. The van der Waals surface area contributed by atoms with Crippen LogP contribution in [0.4, 0.5) is 0 Å². The Hall–Kier alpha value is -1.84. The first-order chi connectivity index (χ1) is 10.0. The van der Waals surface area contributed by atoms with Crippen molar-refractivity contribution in [1.29, 1.82) is 0 Å². The molecule has 2 rings (SSSR count). The maximum absolute atomic E-state index is 5.79. The van der Waals surface area contributed by atoms with Gasteiger partial charge in [-0.3, -0.25) is 11.3 Å². The van der Waals surface area contributed by atoms with E-state index in [-0.39, 0.29) is 6.04 Å². The summed E-state index contributed by atoms with van der Waals surface area (Å²) in [5.74, 6) is 6.66. The molecule has 0 heterocycles. The highest BCUT2D eigenvalue weighted by molar-refractivity contribution is 5.38. The van der Waals surface area contributed by atoms with E-state index in [9.17, 15) is 0 Å². The number of nitrogens with two attached hydrogens (primary N) is 1. The van der Waals surface area contributed by atoms with Gasteiger partial charge in [0.05, 0.1) is 13.2 Å². The number of hydrogen-bond acceptors (Lipinski definition) is 3. The van der Waals surface area contributed by atoms with Gasteiger partial charge in [0.1, 0.15) is 5.75 Å². The van der Waals surface area contributed by atoms with Gasteiger partial charge in [0.15, 0.2) is 0 Å². The number of aryl methyl sites for hydroxylation is 3. The Kier molecular flexibility index (Phi) is 4.99. The van der Waals surface area contributed by atoms with Crippen LogP contribution in [-0.2, 0) is 6.42 Å². The molecule has 0 saturated heterocycles. The van der Waals surface area contributed by atoms with E-state index in [1.165, 1.54) is 27.8 Å². The van der Waals surface area contributed by atoms with E-state index in [1.807, 2.05) is 12.1 Å². The minimum absolute atomic E-state index is 0.0945. The van der Waals surface area contributed by atoms with Gasteiger partial charge >= 0.3 is 0 Å². The Morgan fingerprint density at radius 1 is 1.05 bits per heavy atom. The number of rotatable bonds is 5. The maximum atomic E-state index is 5.79. The molecule has 0 saturated carbocycles. The van der Waals surface area contributed by atoms with Gasteiger partial charge in [-0.25, -0.2) is 0 Å². The number of benzene rings is 2. The summed E-state index contributed by atoms with van der Waals surface area (Å²) < 4.78 is 5.26. The first-order valence-electron chi connectivity index (χ1n) is 7.21. The van der Waals surface area contributed by atoms with Crippen molar-refractivity contribution in [3.8, 4) is 5.75 Å². The summed E-state index contributed by atoms with van der Waals surface area (Å²) in [6.45, 7) is 6.34. The highest BCUT2D eigenvalue weighted by atomic mass is 16.5. The van der Waals surface area contributed by atoms with Crippen molar-refractivity contribution < 1.29 is 4.74 Å². The Morgan fingerprint density at radius 3 is 2.24 bits per heavy atom. The molecule has 0 aliphatic heterocycles. The molecule has 112 valence electrons. The largest absolute Gasteiger partial charge is 0.497 e. The predicted molar refractivity (Wildman–Crippen MR) is 87.4 cm³/mol. The second-order valence-electron chi connectivity index (χ2n) is 5.64. The molecule has 0 aliphatic carbocycles. The Balaban J connectivity index is 2.27. The lowest BCUT2D eigenvalue weighted by Gasteiger charge is -2.20. The van der Waals surface area contributed by atoms with Crippen molar-refractivity contribution in [2.75, 3.05) is 7.11 Å². The van der Waals surface area contributed by atoms with E-state index in [4.69, 9.17) is 10.6 Å². The van der Waals surface area contributed by atoms with E-state index >= 15 is 0 Å². The van der Waals surface area contributed by atoms with Gasteiger partial charge in [0.2, 0.25) is 0 Å². The van der Waals surface area contributed by atoms with Gasteiger partial charge in [0.25, 0.3) is 0 Å². The van der Waals surface area contributed by atoms with Crippen LogP contribution >= 0.6 is 0 Å². The van der Waals surface area contributed by atoms with Gasteiger partial charge in [0, 0.05) is 0 Å². The zero-order chi connectivity index (χ0) is 15.4. The van der Waals surface area contributed by atoms with Gasteiger partial charge < -0.3 is 4.74 Å². The van der Waals surface area contributed by atoms with Crippen molar-refractivity contribution in [1.82, 2.24) is 5.43 Å². The van der Waals surface area contributed by atoms with E-state index in [1.54, 1.807) is 7.11 Å². The Bertz CT molecular complexity index is 602. The van der Waals surface area contributed by atoms with Crippen molar-refractivity contribution in [3.63, 3.8) is 0 Å². The smallest absolute Gasteiger partial charge is 0.119 e. The second kappa shape index (κ2) is 6.74. The summed E-state index contributed by atoms with van der Waals surface area (Å²) in [5, 5.41) is 0. The molecule has 0 spiro atoms. The third-order valence-electron chi connectivity index (χ3n) is 3.77. The van der Waals surface area contributed by atoms with Crippen LogP contribution < -0.4 is 16.0 Å². The number of nitrogens with one attached hydrogen (secondary N) is 1. The van der Waals surface area contributed by atoms with Gasteiger partial charge in [-0.2, -0.15) is 0 Å². The van der Waals surface area contributed by atoms with Crippen molar-refractivity contribution in [2.45, 2.75) is 33.2 Å². The topological polar surface area (TPSA) is 47.3 Å². The highest BCUT2D eigenvalue weighted by Crippen LogP contribution is 2.25. The zero-order valence-corrected chi connectivity index (χ0v) is 13.2. The number of methoxy groups -OCH3 is 1. The number of hydrazine groups is 1. The third kappa shape index (κ3) is 3.84. The lowest BCUT2D eigenvalue weighted by atomic mass is 9.94. The molecule has 3 nitrogen and oxygen atoms in total. The third-order valence-corrected chi connectivity index (χ3v) is 3.77. The van der Waals surface area contributed by atoms with Crippen molar-refractivity contribution >= 4 is 0 Å². The minimum Gasteiger partial charge on any atom is -0.497 e. The first-order valence-corrected chi connectivity index (χ1v) is 7.21. The van der Waals surface area contributed by atoms with Gasteiger partial charge in [-0.05, 0) is 56.0 Å². The van der Waals surface area contributed by atoms with Crippen LogP contribution in [0.25, 0.3) is 0 Å². The standard InChI is InChI=1S/C18H24N2O/c1-12-7-13(2)9-15(8-12)11-18(20-19)17-6-5-16(21-4)10-14(17)3/h5-10,18,20H,11,19H2,1-4H3. The highest BCUT2D eigenvalue weighted by Gasteiger charge is 2.14. The van der Waals surface area contributed by atoms with Crippen molar-refractivity contribution in [3.05, 3.63) is 64.2 Å². The summed E-state index contributed by atoms with van der Waals surface area (Å²) in [7, 11) is 1.68. The molecule has 0 bridgehead atoms. The molecule has 1 atom stereocenters. The number of hydrogen-bond donors (Lipinski definition) is 2. The first kappa shape index (κ1) is 15.5. The summed E-state index contributed by atoms with van der Waals surface area (Å²) in [6.07, 6.45) is 0.867. The van der Waals surface area contributed by atoms with Gasteiger partial charge in [-0.1, -0.05) is 35.4 Å². The van der Waals surface area contributed by atoms with Crippen LogP contribution in [0.15, 0.2) is 36.4 Å². The molecule has 3 N–H and O–H groups in total. The predicted octanol–water partition coefficient (Wildman–Crippen LogP) is 3.37. The summed E-state index contributed by atoms with van der Waals surface area (Å²) in [5.41, 5.74) is 9.20. The van der Waals surface area contributed by atoms with Crippen LogP contribution in [0.3, 0.4) is 0 Å². The fraction of sp³-hybridized carbons (Fsp3) is 0.333. The molecule has 0 aliphatic rings. The SMILES string of the molecule is COc1ccc(C(Cc2cc(C)cc(C)c2)NN)c(C)c1. The average molecular weight is 284 g/mol. The minimum atomic E-state index is 0.0945. The molecule has 0 aromatic heterocycles. The zero-order valence-electron chi connectivity index (χ0n) is 13.2. The fourth-order valence-electron chi connectivity index (χ4n) is 2.85. The van der Waals surface area contributed by atoms with Crippen molar-refractivity contribution in [2.24, 2.45) is 5.84 Å². The van der Waals surface area contributed by atoms with Gasteiger partial charge in [-0.15, -0.1) is 0 Å². The molecule has 21 heavy (non-hydrogen) atoms. The van der Waals surface area contributed by atoms with E-state index in [0.717, 1.165) is 12.2 Å². The molecule has 1 unspecified atom stereocenters. The van der Waals surface area contributed by atoms with Crippen LogP contribution in [-0.4, -0.2) is 7.11 Å². The molecule has 0 radical (unpaired) electrons. The maximum Gasteiger partial charge on any atom is 0.119 e. The number of ether oxygens (including phenoxy) is 1. The lowest BCUT2D eigenvalue weighted by Crippen LogP contribution is -2.30. The van der Waals surface area contributed by atoms with E-state index in [0.29, 0.717) is 0 Å². The average Bonchev–Trinajstić information content (AvgIpc) is 2.44. The van der Waals surface area contributed by atoms with Crippen LogP contribution in [0.1, 0.15) is 33.9 Å². The van der Waals surface area contributed by atoms with E-state index in [2.05, 4.69) is 50.5 Å². The quantitative estimate of drug-likeness (QED) is 0.653. The molecule has 2 aromatic carbocycles. The second-order valence-corrected chi connectivity index (χ2v) is 5.64. The fourth-order valence-corrected chi connectivity index (χ4v) is 2.85. The molecule has 2 aromatic rings. The van der Waals surface area contributed by atoms with E-state index < -0.39 is 0 Å². The summed E-state index contributed by atoms with van der Waals surface area (Å²) in [4.78, 5) is 0. The normalized spacial score (nSPS) is 12.2. The molecule has 0 amide bonds. The van der Waals surface area contributed by atoms with Crippen LogP contribution in [0.2, 0.25) is 0 Å². The summed E-state index contributed by atoms with van der Waals surface area (Å²) >= 11 is 0. The van der Waals surface area contributed by atoms with Crippen LogP contribution in [0.5, 0.6) is 5.75 Å². The lowest BCUT2D eigenvalue weighted by molar-refractivity contribution is 0.414. The van der Waals surface area contributed by atoms with Crippen LogP contribution in [0, 0.1) is 20.8 Å². The molecular formula is C18H24N2O. The Morgan fingerprint density at radius 2 is 1.71 bits per heavy atom. The molecule has 3 heteroatoms. The monoisotopic (exact) mass is 284 g/mol. The molecule has 0 fully saturated rings. The summed E-state index contributed by atoms with van der Waals surface area (Å²) in [6, 6.07) is 12.8. The Labute approximate surface area is 127 Å².